The van der Waals surface area contributed by atoms with E-state index < -0.39 is 0 Å². The molecule has 2 heterocycles. The minimum atomic E-state index is 0.676. The largest absolute Gasteiger partial charge is 0.492 e. The van der Waals surface area contributed by atoms with Gasteiger partial charge in [-0.3, -0.25) is 0 Å². The van der Waals surface area contributed by atoms with Gasteiger partial charge in [-0.1, -0.05) is 24.0 Å². The SMILES string of the molecule is Cn1ccc2cc(-c3ccc4c(c3)CC#CCCO4)ccc21. The zero-order chi connectivity index (χ0) is 14.9. The summed E-state index contributed by atoms with van der Waals surface area (Å²) in [6.45, 7) is 0.676. The molecule has 108 valence electrons. The van der Waals surface area contributed by atoms with Crippen molar-refractivity contribution in [1.29, 1.82) is 0 Å². The van der Waals surface area contributed by atoms with Crippen LogP contribution in [0.5, 0.6) is 5.75 Å². The number of rotatable bonds is 1. The van der Waals surface area contributed by atoms with Crippen LogP contribution in [0.3, 0.4) is 0 Å². The first-order valence-electron chi connectivity index (χ1n) is 7.58. The lowest BCUT2D eigenvalue weighted by Gasteiger charge is -2.13. The Bertz CT molecular complexity index is 908. The van der Waals surface area contributed by atoms with Gasteiger partial charge >= 0.3 is 0 Å². The predicted octanol–water partition coefficient (Wildman–Crippen LogP) is 4.17. The van der Waals surface area contributed by atoms with Gasteiger partial charge in [0.15, 0.2) is 0 Å². The Balaban J connectivity index is 1.78. The highest BCUT2D eigenvalue weighted by Gasteiger charge is 2.08. The van der Waals surface area contributed by atoms with Crippen molar-refractivity contribution in [3.05, 3.63) is 54.2 Å². The number of ether oxygens (including phenoxy) is 1. The molecule has 3 aromatic rings. The van der Waals surface area contributed by atoms with Crippen LogP contribution in [0.2, 0.25) is 0 Å². The first-order chi connectivity index (χ1) is 10.8. The summed E-state index contributed by atoms with van der Waals surface area (Å²) in [5, 5.41) is 1.27. The molecule has 0 atom stereocenters. The van der Waals surface area contributed by atoms with E-state index in [0.717, 1.165) is 18.6 Å². The first kappa shape index (κ1) is 13.0. The quantitative estimate of drug-likeness (QED) is 0.613. The van der Waals surface area contributed by atoms with Crippen LogP contribution in [0.25, 0.3) is 22.0 Å². The second-order valence-electron chi connectivity index (χ2n) is 5.65. The maximum atomic E-state index is 5.79. The summed E-state index contributed by atoms with van der Waals surface area (Å²) in [5.74, 6) is 7.33. The van der Waals surface area contributed by atoms with E-state index in [4.69, 9.17) is 4.74 Å². The van der Waals surface area contributed by atoms with Crippen molar-refractivity contribution in [2.45, 2.75) is 12.8 Å². The molecule has 0 amide bonds. The molecule has 2 nitrogen and oxygen atoms in total. The van der Waals surface area contributed by atoms with Crippen LogP contribution in [0.4, 0.5) is 0 Å². The Hall–Kier alpha value is -2.66. The minimum Gasteiger partial charge on any atom is -0.492 e. The molecular formula is C20H17NO. The number of aromatic nitrogens is 1. The van der Waals surface area contributed by atoms with Gasteiger partial charge in [-0.2, -0.15) is 0 Å². The van der Waals surface area contributed by atoms with Crippen LogP contribution < -0.4 is 4.74 Å². The Morgan fingerprint density at radius 2 is 1.86 bits per heavy atom. The van der Waals surface area contributed by atoms with Crippen LogP contribution in [0.1, 0.15) is 12.0 Å². The van der Waals surface area contributed by atoms with E-state index in [9.17, 15) is 0 Å². The lowest BCUT2D eigenvalue weighted by molar-refractivity contribution is 0.323. The normalized spacial score (nSPS) is 13.5. The Labute approximate surface area is 130 Å². The van der Waals surface area contributed by atoms with Gasteiger partial charge in [-0.05, 0) is 41.5 Å². The zero-order valence-electron chi connectivity index (χ0n) is 12.6. The summed E-state index contributed by atoms with van der Waals surface area (Å²) in [6, 6.07) is 15.2. The van der Waals surface area contributed by atoms with Crippen molar-refractivity contribution < 1.29 is 4.74 Å². The fourth-order valence-corrected chi connectivity index (χ4v) is 2.96. The van der Waals surface area contributed by atoms with Crippen LogP contribution >= 0.6 is 0 Å². The fraction of sp³-hybridized carbons (Fsp3) is 0.200. The van der Waals surface area contributed by atoms with Gasteiger partial charge in [0.1, 0.15) is 5.75 Å². The van der Waals surface area contributed by atoms with E-state index in [1.165, 1.54) is 27.6 Å². The van der Waals surface area contributed by atoms with E-state index >= 15 is 0 Å². The van der Waals surface area contributed by atoms with Gasteiger partial charge in [0.25, 0.3) is 0 Å². The third-order valence-corrected chi connectivity index (χ3v) is 4.17. The summed E-state index contributed by atoms with van der Waals surface area (Å²) in [7, 11) is 2.07. The fourth-order valence-electron chi connectivity index (χ4n) is 2.96. The molecule has 0 radical (unpaired) electrons. The molecule has 0 N–H and O–H groups in total. The number of hydrogen-bond donors (Lipinski definition) is 0. The Morgan fingerprint density at radius 1 is 1.00 bits per heavy atom. The second-order valence-corrected chi connectivity index (χ2v) is 5.65. The average Bonchev–Trinajstić information content (AvgIpc) is 2.89. The van der Waals surface area contributed by atoms with Crippen molar-refractivity contribution in [1.82, 2.24) is 4.57 Å². The van der Waals surface area contributed by atoms with Crippen molar-refractivity contribution >= 4 is 10.9 Å². The van der Waals surface area contributed by atoms with Crippen molar-refractivity contribution in [3.63, 3.8) is 0 Å². The molecule has 0 fully saturated rings. The third-order valence-electron chi connectivity index (χ3n) is 4.17. The highest BCUT2D eigenvalue weighted by molar-refractivity contribution is 5.85. The smallest absolute Gasteiger partial charge is 0.123 e. The van der Waals surface area contributed by atoms with E-state index in [1.54, 1.807) is 0 Å². The molecular weight excluding hydrogens is 270 g/mol. The van der Waals surface area contributed by atoms with E-state index in [2.05, 4.69) is 72.1 Å². The molecule has 2 aromatic carbocycles. The van der Waals surface area contributed by atoms with Gasteiger partial charge < -0.3 is 9.30 Å². The van der Waals surface area contributed by atoms with Crippen LogP contribution in [0, 0.1) is 11.8 Å². The van der Waals surface area contributed by atoms with Crippen molar-refractivity contribution in [3.8, 4) is 28.7 Å². The highest BCUT2D eigenvalue weighted by atomic mass is 16.5. The number of nitrogens with zero attached hydrogens (tertiary/aromatic N) is 1. The monoisotopic (exact) mass is 287 g/mol. The third kappa shape index (κ3) is 2.25. The Kier molecular flexibility index (Phi) is 3.12. The van der Waals surface area contributed by atoms with Crippen molar-refractivity contribution in [2.75, 3.05) is 6.61 Å². The molecule has 1 aliphatic rings. The lowest BCUT2D eigenvalue weighted by Crippen LogP contribution is -2.01. The molecule has 0 saturated heterocycles. The van der Waals surface area contributed by atoms with Crippen molar-refractivity contribution in [2.24, 2.45) is 7.05 Å². The molecule has 4 rings (SSSR count). The number of benzene rings is 2. The molecule has 1 aromatic heterocycles. The molecule has 1 aliphatic heterocycles. The number of aryl methyl sites for hydroxylation is 1. The maximum absolute atomic E-state index is 5.79. The minimum absolute atomic E-state index is 0.676. The summed E-state index contributed by atoms with van der Waals surface area (Å²) in [6.07, 6.45) is 3.67. The van der Waals surface area contributed by atoms with Gasteiger partial charge in [-0.15, -0.1) is 0 Å². The average molecular weight is 287 g/mol. The summed E-state index contributed by atoms with van der Waals surface area (Å²) in [5.41, 5.74) is 4.88. The maximum Gasteiger partial charge on any atom is 0.123 e. The number of hydrogen-bond acceptors (Lipinski definition) is 1. The summed E-state index contributed by atoms with van der Waals surface area (Å²) < 4.78 is 7.93. The molecule has 0 unspecified atom stereocenters. The van der Waals surface area contributed by atoms with E-state index in [-0.39, 0.29) is 0 Å². The van der Waals surface area contributed by atoms with E-state index in [1.807, 2.05) is 0 Å². The number of fused-ring (bicyclic) bond motifs is 2. The summed E-state index contributed by atoms with van der Waals surface area (Å²) >= 11 is 0. The molecule has 0 aliphatic carbocycles. The molecule has 0 bridgehead atoms. The van der Waals surface area contributed by atoms with Gasteiger partial charge in [0.2, 0.25) is 0 Å². The summed E-state index contributed by atoms with van der Waals surface area (Å²) in [4.78, 5) is 0. The topological polar surface area (TPSA) is 14.2 Å². The van der Waals surface area contributed by atoms with Gasteiger partial charge in [-0.25, -0.2) is 0 Å². The van der Waals surface area contributed by atoms with E-state index in [0.29, 0.717) is 6.61 Å². The predicted molar refractivity (Wildman–Crippen MR) is 89.9 cm³/mol. The highest BCUT2D eigenvalue weighted by Crippen LogP contribution is 2.30. The first-order valence-corrected chi connectivity index (χ1v) is 7.58. The van der Waals surface area contributed by atoms with Gasteiger partial charge in [0.05, 0.1) is 6.61 Å². The van der Waals surface area contributed by atoms with Crippen LogP contribution in [-0.4, -0.2) is 11.2 Å². The van der Waals surface area contributed by atoms with Crippen LogP contribution in [-0.2, 0) is 13.5 Å². The zero-order valence-corrected chi connectivity index (χ0v) is 12.6. The molecule has 0 saturated carbocycles. The molecule has 0 spiro atoms. The Morgan fingerprint density at radius 3 is 2.82 bits per heavy atom. The standard InChI is InChI=1S/C20H17NO/c1-21-11-10-17-13-15(6-8-19(17)21)16-7-9-20-18(14-16)5-3-2-4-12-22-20/h6-11,13-14H,4-5,12H2,1H3. The molecule has 22 heavy (non-hydrogen) atoms. The second kappa shape index (κ2) is 5.27. The lowest BCUT2D eigenvalue weighted by atomic mass is 9.99. The van der Waals surface area contributed by atoms with Crippen LogP contribution in [0.15, 0.2) is 48.7 Å². The molecule has 2 heteroatoms. The van der Waals surface area contributed by atoms with Gasteiger partial charge in [0, 0.05) is 42.6 Å².